The monoisotopic (exact) mass is 259 g/mol. The summed E-state index contributed by atoms with van der Waals surface area (Å²) in [6, 6.07) is 5.81. The first-order valence-electron chi connectivity index (χ1n) is 6.22. The molecule has 0 amide bonds. The third-order valence-electron chi connectivity index (χ3n) is 3.23. The van der Waals surface area contributed by atoms with E-state index in [-0.39, 0.29) is 11.7 Å². The van der Waals surface area contributed by atoms with Crippen molar-refractivity contribution in [3.05, 3.63) is 40.8 Å². The molecule has 4 nitrogen and oxygen atoms in total. The number of oxazole rings is 1. The van der Waals surface area contributed by atoms with Crippen LogP contribution in [0, 0.1) is 13.8 Å². The van der Waals surface area contributed by atoms with Crippen LogP contribution in [0.25, 0.3) is 11.5 Å². The van der Waals surface area contributed by atoms with Gasteiger partial charge in [-0.1, -0.05) is 26.0 Å². The lowest BCUT2D eigenvalue weighted by molar-refractivity contribution is 0.0661. The second kappa shape index (κ2) is 4.88. The zero-order valence-corrected chi connectivity index (χ0v) is 11.5. The number of carboxylic acid groups (broad SMARTS) is 1. The number of hydrogen-bond donors (Lipinski definition) is 1. The van der Waals surface area contributed by atoms with Gasteiger partial charge in [0.1, 0.15) is 0 Å². The van der Waals surface area contributed by atoms with E-state index >= 15 is 0 Å². The standard InChI is InChI=1S/C15H17NO3/c1-8(2)12-13(15(17)18)19-14(16-12)11-7-5-6-9(3)10(11)4/h5-8H,1-4H3,(H,17,18). The Labute approximate surface area is 112 Å². The number of benzene rings is 1. The summed E-state index contributed by atoms with van der Waals surface area (Å²) in [5.74, 6) is -0.755. The first kappa shape index (κ1) is 13.3. The van der Waals surface area contributed by atoms with Gasteiger partial charge in [0.25, 0.3) is 0 Å². The Balaban J connectivity index is 2.61. The second-order valence-electron chi connectivity index (χ2n) is 4.94. The fraction of sp³-hybridized carbons (Fsp3) is 0.333. The first-order chi connectivity index (χ1) is 8.91. The molecule has 1 aromatic carbocycles. The van der Waals surface area contributed by atoms with Crippen molar-refractivity contribution in [2.75, 3.05) is 0 Å². The van der Waals surface area contributed by atoms with Crippen LogP contribution in [0.3, 0.4) is 0 Å². The predicted molar refractivity (Wildman–Crippen MR) is 72.5 cm³/mol. The Bertz CT molecular complexity index is 626. The maximum absolute atomic E-state index is 11.2. The highest BCUT2D eigenvalue weighted by atomic mass is 16.4. The highest BCUT2D eigenvalue weighted by Gasteiger charge is 2.23. The number of nitrogens with zero attached hydrogens (tertiary/aromatic N) is 1. The van der Waals surface area contributed by atoms with Gasteiger partial charge in [-0.15, -0.1) is 0 Å². The Hall–Kier alpha value is -2.10. The lowest BCUT2D eigenvalue weighted by atomic mass is 10.0. The summed E-state index contributed by atoms with van der Waals surface area (Å²) in [7, 11) is 0. The molecule has 0 bridgehead atoms. The second-order valence-corrected chi connectivity index (χ2v) is 4.94. The molecule has 0 spiro atoms. The molecule has 1 aromatic heterocycles. The van der Waals surface area contributed by atoms with Crippen LogP contribution < -0.4 is 0 Å². The largest absolute Gasteiger partial charge is 0.475 e. The van der Waals surface area contributed by atoms with E-state index in [1.54, 1.807) is 0 Å². The average Bonchev–Trinajstić information content (AvgIpc) is 2.77. The smallest absolute Gasteiger partial charge is 0.373 e. The van der Waals surface area contributed by atoms with E-state index in [9.17, 15) is 4.79 Å². The van der Waals surface area contributed by atoms with Crippen molar-refractivity contribution >= 4 is 5.97 Å². The molecule has 0 unspecified atom stereocenters. The lowest BCUT2D eigenvalue weighted by Crippen LogP contribution is -2.01. The first-order valence-corrected chi connectivity index (χ1v) is 6.22. The molecule has 0 aliphatic heterocycles. The number of aromatic carboxylic acids is 1. The van der Waals surface area contributed by atoms with Gasteiger partial charge in [-0.2, -0.15) is 0 Å². The number of aromatic nitrogens is 1. The molecule has 1 heterocycles. The van der Waals surface area contributed by atoms with Gasteiger partial charge in [0.15, 0.2) is 0 Å². The molecule has 0 fully saturated rings. The highest BCUT2D eigenvalue weighted by Crippen LogP contribution is 2.29. The molecule has 2 aromatic rings. The van der Waals surface area contributed by atoms with Gasteiger partial charge in [0.2, 0.25) is 11.7 Å². The molecular formula is C15H17NO3. The van der Waals surface area contributed by atoms with E-state index in [2.05, 4.69) is 4.98 Å². The van der Waals surface area contributed by atoms with Crippen molar-refractivity contribution in [2.24, 2.45) is 0 Å². The van der Waals surface area contributed by atoms with E-state index in [1.807, 2.05) is 45.9 Å². The minimum atomic E-state index is -1.08. The lowest BCUT2D eigenvalue weighted by Gasteiger charge is -2.04. The van der Waals surface area contributed by atoms with Gasteiger partial charge >= 0.3 is 5.97 Å². The summed E-state index contributed by atoms with van der Waals surface area (Å²) >= 11 is 0. The normalized spacial score (nSPS) is 11.0. The van der Waals surface area contributed by atoms with Crippen molar-refractivity contribution in [3.63, 3.8) is 0 Å². The third kappa shape index (κ3) is 2.38. The molecule has 0 atom stereocenters. The van der Waals surface area contributed by atoms with Crippen molar-refractivity contribution in [1.82, 2.24) is 4.98 Å². The molecule has 2 rings (SSSR count). The van der Waals surface area contributed by atoms with Gasteiger partial charge in [0.05, 0.1) is 5.69 Å². The van der Waals surface area contributed by atoms with Crippen molar-refractivity contribution in [1.29, 1.82) is 0 Å². The maximum Gasteiger partial charge on any atom is 0.373 e. The van der Waals surface area contributed by atoms with Crippen molar-refractivity contribution in [2.45, 2.75) is 33.6 Å². The summed E-state index contributed by atoms with van der Waals surface area (Å²) in [6.07, 6.45) is 0. The Morgan fingerprint density at radius 3 is 2.53 bits per heavy atom. The van der Waals surface area contributed by atoms with Crippen LogP contribution in [-0.4, -0.2) is 16.1 Å². The van der Waals surface area contributed by atoms with Crippen LogP contribution in [0.4, 0.5) is 0 Å². The van der Waals surface area contributed by atoms with Gasteiger partial charge in [-0.3, -0.25) is 0 Å². The summed E-state index contributed by atoms with van der Waals surface area (Å²) in [4.78, 5) is 15.5. The van der Waals surface area contributed by atoms with E-state index in [4.69, 9.17) is 9.52 Å². The van der Waals surface area contributed by atoms with Crippen LogP contribution in [0.2, 0.25) is 0 Å². The summed E-state index contributed by atoms with van der Waals surface area (Å²) < 4.78 is 5.45. The molecule has 19 heavy (non-hydrogen) atoms. The predicted octanol–water partition coefficient (Wildman–Crippen LogP) is 3.78. The van der Waals surface area contributed by atoms with Crippen molar-refractivity contribution in [3.8, 4) is 11.5 Å². The van der Waals surface area contributed by atoms with E-state index < -0.39 is 5.97 Å². The topological polar surface area (TPSA) is 63.3 Å². The molecular weight excluding hydrogens is 242 g/mol. The average molecular weight is 259 g/mol. The van der Waals surface area contributed by atoms with Crippen LogP contribution in [0.5, 0.6) is 0 Å². The molecule has 1 N–H and O–H groups in total. The van der Waals surface area contributed by atoms with Gasteiger partial charge in [0, 0.05) is 5.56 Å². The fourth-order valence-electron chi connectivity index (χ4n) is 1.97. The van der Waals surface area contributed by atoms with Gasteiger partial charge in [-0.25, -0.2) is 9.78 Å². The van der Waals surface area contributed by atoms with Gasteiger partial charge in [-0.05, 0) is 37.0 Å². The van der Waals surface area contributed by atoms with E-state index in [0.29, 0.717) is 11.6 Å². The minimum absolute atomic E-state index is 0.00807. The van der Waals surface area contributed by atoms with Crippen LogP contribution in [-0.2, 0) is 0 Å². The van der Waals surface area contributed by atoms with E-state index in [0.717, 1.165) is 16.7 Å². The summed E-state index contributed by atoms with van der Waals surface area (Å²) in [5.41, 5.74) is 3.51. The minimum Gasteiger partial charge on any atom is -0.475 e. The fourth-order valence-corrected chi connectivity index (χ4v) is 1.97. The number of rotatable bonds is 3. The highest BCUT2D eigenvalue weighted by molar-refractivity contribution is 5.86. The van der Waals surface area contributed by atoms with E-state index in [1.165, 1.54) is 0 Å². The Morgan fingerprint density at radius 1 is 1.32 bits per heavy atom. The molecule has 0 radical (unpaired) electrons. The molecule has 0 aliphatic carbocycles. The number of carbonyl (C=O) groups is 1. The quantitative estimate of drug-likeness (QED) is 0.911. The Morgan fingerprint density at radius 2 is 2.00 bits per heavy atom. The molecule has 0 aliphatic rings. The zero-order valence-electron chi connectivity index (χ0n) is 11.5. The Kier molecular flexibility index (Phi) is 3.42. The SMILES string of the molecule is Cc1cccc(-c2nc(C(C)C)c(C(=O)O)o2)c1C. The van der Waals surface area contributed by atoms with Crippen molar-refractivity contribution < 1.29 is 14.3 Å². The summed E-state index contributed by atoms with van der Waals surface area (Å²) in [6.45, 7) is 7.78. The number of hydrogen-bond acceptors (Lipinski definition) is 3. The third-order valence-corrected chi connectivity index (χ3v) is 3.23. The maximum atomic E-state index is 11.2. The van der Waals surface area contributed by atoms with Crippen LogP contribution in [0.1, 0.15) is 47.1 Å². The molecule has 4 heteroatoms. The van der Waals surface area contributed by atoms with Gasteiger partial charge < -0.3 is 9.52 Å². The summed E-state index contributed by atoms with van der Waals surface area (Å²) in [5, 5.41) is 9.16. The molecule has 0 saturated carbocycles. The van der Waals surface area contributed by atoms with Crippen LogP contribution >= 0.6 is 0 Å². The number of aryl methyl sites for hydroxylation is 1. The van der Waals surface area contributed by atoms with Crippen LogP contribution in [0.15, 0.2) is 22.6 Å². The molecule has 100 valence electrons. The zero-order chi connectivity index (χ0) is 14.2. The molecule has 0 saturated heterocycles. The number of carboxylic acids is 1.